The number of piperidine rings is 1. The Morgan fingerprint density at radius 2 is 1.65 bits per heavy atom. The normalized spacial score (nSPS) is 16.6. The number of benzene rings is 2. The Bertz CT molecular complexity index is 1800. The summed E-state index contributed by atoms with van der Waals surface area (Å²) >= 11 is 0. The Labute approximate surface area is 320 Å². The van der Waals surface area contributed by atoms with Gasteiger partial charge in [-0.3, -0.25) is 23.7 Å². The van der Waals surface area contributed by atoms with E-state index in [1.165, 1.54) is 23.4 Å². The average Bonchev–Trinajstić information content (AvgIpc) is 3.61. The Morgan fingerprint density at radius 1 is 0.964 bits per heavy atom. The van der Waals surface area contributed by atoms with Crippen LogP contribution in [-0.2, 0) is 62.2 Å². The second-order valence-corrected chi connectivity index (χ2v) is 16.6. The summed E-state index contributed by atoms with van der Waals surface area (Å²) in [4.78, 5) is 69.2. The highest BCUT2D eigenvalue weighted by Crippen LogP contribution is 2.41. The number of ketones is 1. The zero-order valence-electron chi connectivity index (χ0n) is 31.8. The zero-order valence-corrected chi connectivity index (χ0v) is 32.7. The molecule has 298 valence electrons. The molecule has 1 fully saturated rings. The number of hydrogen-bond acceptors (Lipinski definition) is 13. The number of rotatable bonds is 18. The fraction of sp³-hybridized carbons (Fsp3) is 0.514. The number of nitrogens with one attached hydrogen (secondary N) is 2. The van der Waals surface area contributed by atoms with Gasteiger partial charge in [-0.05, 0) is 74.6 Å². The van der Waals surface area contributed by atoms with Crippen LogP contribution in [0.4, 0.5) is 4.79 Å². The lowest BCUT2D eigenvalue weighted by molar-refractivity contribution is -0.157. The molecule has 4 atom stereocenters. The van der Waals surface area contributed by atoms with Crippen LogP contribution in [0.2, 0.25) is 0 Å². The minimum Gasteiger partial charge on any atom is -0.460 e. The van der Waals surface area contributed by atoms with E-state index in [1.54, 1.807) is 75.4 Å². The third kappa shape index (κ3) is 13.4. The summed E-state index contributed by atoms with van der Waals surface area (Å²) < 4.78 is 36.3. The smallest absolute Gasteiger partial charge is 0.408 e. The Morgan fingerprint density at radius 3 is 2.33 bits per heavy atom. The van der Waals surface area contributed by atoms with E-state index < -0.39 is 73.8 Å². The summed E-state index contributed by atoms with van der Waals surface area (Å²) in [6.07, 6.45) is 0.247. The molecule has 0 saturated carbocycles. The van der Waals surface area contributed by atoms with E-state index in [4.69, 9.17) is 18.7 Å². The number of aryl methyl sites for hydroxylation is 1. The Hall–Kier alpha value is -4.99. The maximum absolute atomic E-state index is 14.3. The Kier molecular flexibility index (Phi) is 15.6. The van der Waals surface area contributed by atoms with Crippen LogP contribution in [0.15, 0.2) is 60.7 Å². The maximum atomic E-state index is 14.3. The van der Waals surface area contributed by atoms with Gasteiger partial charge in [-0.15, -0.1) is 5.10 Å². The van der Waals surface area contributed by atoms with Crippen LogP contribution in [0, 0.1) is 0 Å². The van der Waals surface area contributed by atoms with Crippen LogP contribution in [-0.4, -0.2) is 105 Å². The number of carbonyl (C=O) groups excluding carboxylic acids is 5. The molecule has 3 aromatic rings. The van der Waals surface area contributed by atoms with Gasteiger partial charge in [0.1, 0.15) is 43.7 Å². The molecule has 17 nitrogen and oxygen atoms in total. The molecular weight excluding hydrogens is 733 g/mol. The number of carbonyl (C=O) groups is 5. The van der Waals surface area contributed by atoms with Crippen molar-refractivity contribution in [1.82, 2.24) is 35.7 Å². The number of esters is 1. The van der Waals surface area contributed by atoms with Crippen LogP contribution in [0.5, 0.6) is 0 Å². The molecule has 2 heterocycles. The van der Waals surface area contributed by atoms with Gasteiger partial charge in [-0.2, -0.15) is 0 Å². The van der Waals surface area contributed by atoms with Crippen LogP contribution in [0.25, 0.3) is 0 Å². The molecule has 0 spiro atoms. The van der Waals surface area contributed by atoms with Gasteiger partial charge in [-0.25, -0.2) is 9.48 Å². The number of amides is 3. The fourth-order valence-electron chi connectivity index (χ4n) is 5.85. The average molecular weight is 784 g/mol. The van der Waals surface area contributed by atoms with Crippen molar-refractivity contribution in [2.24, 2.45) is 0 Å². The lowest BCUT2D eigenvalue weighted by Crippen LogP contribution is -2.59. The summed E-state index contributed by atoms with van der Waals surface area (Å²) in [6, 6.07) is 13.8. The lowest BCUT2D eigenvalue weighted by Gasteiger charge is -2.37. The SMILES string of the molecule is COCn1nnnc1CC[C@H](NC(=O)OCc1ccccc1)C(=O)N1CCCC[C@H]1C(=O)N[C@@H](CC(=O)OC(C)(C)C)C(=O)COP(C)(=O)c1ccccc1. The number of likely N-dealkylation sites (tertiary alicyclic amines) is 1. The molecule has 3 amide bonds. The van der Waals surface area contributed by atoms with E-state index in [0.29, 0.717) is 24.0 Å². The number of ether oxygens (including phenoxy) is 3. The van der Waals surface area contributed by atoms with Crippen molar-refractivity contribution >= 4 is 42.3 Å². The highest BCUT2D eigenvalue weighted by atomic mass is 31.2. The van der Waals surface area contributed by atoms with E-state index in [1.807, 2.05) is 6.07 Å². The molecule has 0 bridgehead atoms. The molecule has 55 heavy (non-hydrogen) atoms. The van der Waals surface area contributed by atoms with Crippen molar-refractivity contribution in [1.29, 1.82) is 0 Å². The number of aromatic nitrogens is 4. The molecule has 1 aliphatic rings. The van der Waals surface area contributed by atoms with Gasteiger partial charge in [-0.1, -0.05) is 48.5 Å². The first-order valence-electron chi connectivity index (χ1n) is 18.0. The molecule has 18 heteroatoms. The summed E-state index contributed by atoms with van der Waals surface area (Å²) in [5.74, 6) is -2.30. The van der Waals surface area contributed by atoms with Gasteiger partial charge in [0, 0.05) is 32.0 Å². The number of hydrogen-bond donors (Lipinski definition) is 2. The summed E-state index contributed by atoms with van der Waals surface area (Å²) in [5, 5.41) is 17.3. The summed E-state index contributed by atoms with van der Waals surface area (Å²) in [7, 11) is -1.95. The molecule has 1 aromatic heterocycles. The van der Waals surface area contributed by atoms with E-state index in [2.05, 4.69) is 26.2 Å². The number of Topliss-reactive ketones (excluding diaryl/α,β-unsaturated/α-hetero) is 1. The molecule has 1 unspecified atom stereocenters. The molecule has 0 aliphatic carbocycles. The molecule has 0 radical (unpaired) electrons. The van der Waals surface area contributed by atoms with Crippen molar-refractivity contribution < 1.29 is 47.3 Å². The Balaban J connectivity index is 1.52. The highest BCUT2D eigenvalue weighted by molar-refractivity contribution is 7.66. The number of tetrazole rings is 1. The minimum atomic E-state index is -3.44. The van der Waals surface area contributed by atoms with Crippen LogP contribution < -0.4 is 15.9 Å². The van der Waals surface area contributed by atoms with Gasteiger partial charge in [0.25, 0.3) is 0 Å². The summed E-state index contributed by atoms with van der Waals surface area (Å²) in [5.41, 5.74) is -0.129. The van der Waals surface area contributed by atoms with Crippen molar-refractivity contribution in [2.75, 3.05) is 26.9 Å². The van der Waals surface area contributed by atoms with E-state index in [0.717, 1.165) is 5.56 Å². The number of alkyl carbamates (subject to hydrolysis) is 1. The quantitative estimate of drug-likeness (QED) is 0.141. The predicted molar refractivity (Wildman–Crippen MR) is 199 cm³/mol. The molecular formula is C37H50N7O10P. The number of nitrogens with zero attached hydrogens (tertiary/aromatic N) is 5. The molecule has 2 N–H and O–H groups in total. The first-order valence-corrected chi connectivity index (χ1v) is 20.1. The highest BCUT2D eigenvalue weighted by Gasteiger charge is 2.38. The van der Waals surface area contributed by atoms with E-state index in [-0.39, 0.29) is 39.1 Å². The van der Waals surface area contributed by atoms with Crippen LogP contribution in [0.1, 0.15) is 64.3 Å². The van der Waals surface area contributed by atoms with Crippen molar-refractivity contribution in [2.45, 2.75) is 96.4 Å². The van der Waals surface area contributed by atoms with E-state index in [9.17, 15) is 28.5 Å². The van der Waals surface area contributed by atoms with Gasteiger partial charge < -0.3 is 34.3 Å². The first kappa shape index (κ1) is 42.7. The topological polar surface area (TPSA) is 210 Å². The maximum Gasteiger partial charge on any atom is 0.408 e. The lowest BCUT2D eigenvalue weighted by atomic mass is 9.98. The molecule has 1 aliphatic heterocycles. The first-order chi connectivity index (χ1) is 26.2. The number of methoxy groups -OCH3 is 1. The minimum absolute atomic E-state index is 0.0377. The predicted octanol–water partition coefficient (Wildman–Crippen LogP) is 2.92. The van der Waals surface area contributed by atoms with Crippen molar-refractivity contribution in [3.8, 4) is 0 Å². The standard InChI is InChI=1S/C37H50N7O10P/c1-37(2,3)54-33(46)22-29(31(45)24-53-55(5,50)27-16-10-7-11-17-27)38-34(47)30-18-12-13-21-43(30)35(48)28(19-20-32-40-41-42-44(32)25-51-4)39-36(49)52-23-26-14-8-6-9-15-26/h6-11,14-17,28-30H,12-13,18-25H2,1-5H3,(H,38,47)(H,39,49)/t28-,29-,30-,55?/m0/s1. The zero-order chi connectivity index (χ0) is 40.0. The van der Waals surface area contributed by atoms with Crippen molar-refractivity contribution in [3.05, 3.63) is 72.1 Å². The monoisotopic (exact) mass is 783 g/mol. The van der Waals surface area contributed by atoms with Gasteiger partial charge in [0.15, 0.2) is 11.6 Å². The van der Waals surface area contributed by atoms with Crippen LogP contribution in [0.3, 0.4) is 0 Å². The van der Waals surface area contributed by atoms with Crippen molar-refractivity contribution in [3.63, 3.8) is 0 Å². The summed E-state index contributed by atoms with van der Waals surface area (Å²) in [6.45, 7) is 5.93. The third-order valence-electron chi connectivity index (χ3n) is 8.58. The fourth-order valence-corrected chi connectivity index (χ4v) is 7.09. The van der Waals surface area contributed by atoms with Crippen LogP contribution >= 0.6 is 7.37 Å². The molecule has 1 saturated heterocycles. The molecule has 4 rings (SSSR count). The van der Waals surface area contributed by atoms with E-state index >= 15 is 0 Å². The second-order valence-electron chi connectivity index (χ2n) is 14.1. The van der Waals surface area contributed by atoms with Gasteiger partial charge in [0.2, 0.25) is 19.2 Å². The van der Waals surface area contributed by atoms with Gasteiger partial charge >= 0.3 is 12.1 Å². The van der Waals surface area contributed by atoms with Gasteiger partial charge in [0.05, 0.1) is 6.42 Å². The second kappa shape index (κ2) is 20.1. The third-order valence-corrected chi connectivity index (χ3v) is 10.4. The largest absolute Gasteiger partial charge is 0.460 e. The molecule has 2 aromatic carbocycles.